The molecule has 0 fully saturated rings. The fraction of sp³-hybridized carbons (Fsp3) is 0.0833. The number of aromatic nitrogens is 1. The Hall–Kier alpha value is -2.41. The molecular weight excluding hydrogens is 262 g/mol. The normalized spacial score (nSPS) is 9.95. The Bertz CT molecular complexity index is 616. The Labute approximate surface area is 114 Å². The lowest BCUT2D eigenvalue weighted by Gasteiger charge is -2.02. The lowest BCUT2D eigenvalue weighted by Crippen LogP contribution is -2.21. The molecule has 0 spiro atoms. The first kappa shape index (κ1) is 13.0. The van der Waals surface area contributed by atoms with Gasteiger partial charge in [0.1, 0.15) is 4.88 Å². The Balaban J connectivity index is 2.20. The van der Waals surface area contributed by atoms with Crippen LogP contribution < -0.4 is 16.8 Å². The monoisotopic (exact) mass is 275 g/mol. The smallest absolute Gasteiger partial charge is 0.267 e. The maximum Gasteiger partial charge on any atom is 0.267 e. The van der Waals surface area contributed by atoms with Crippen molar-refractivity contribution in [2.45, 2.75) is 6.92 Å². The Morgan fingerprint density at radius 3 is 2.63 bits per heavy atom. The van der Waals surface area contributed by atoms with Gasteiger partial charge >= 0.3 is 0 Å². The highest BCUT2D eigenvalue weighted by molar-refractivity contribution is 7.17. The number of aliphatic imine (C=N–C) groups is 1. The second-order valence-corrected chi connectivity index (χ2v) is 4.75. The van der Waals surface area contributed by atoms with Gasteiger partial charge in [-0.05, 0) is 19.1 Å². The predicted molar refractivity (Wildman–Crippen MR) is 76.7 cm³/mol. The lowest BCUT2D eigenvalue weighted by atomic mass is 10.3. The minimum absolute atomic E-state index is 0.0798. The van der Waals surface area contributed by atoms with E-state index in [1.54, 1.807) is 6.92 Å². The molecule has 0 aliphatic rings. The summed E-state index contributed by atoms with van der Waals surface area (Å²) in [6.07, 6.45) is 0. The van der Waals surface area contributed by atoms with Crippen LogP contribution in [0.15, 0.2) is 35.3 Å². The highest BCUT2D eigenvalue weighted by atomic mass is 32.1. The highest BCUT2D eigenvalue weighted by Crippen LogP contribution is 2.25. The van der Waals surface area contributed by atoms with Crippen LogP contribution >= 0.6 is 11.3 Å². The van der Waals surface area contributed by atoms with Crippen LogP contribution in [0.2, 0.25) is 0 Å². The van der Waals surface area contributed by atoms with E-state index in [1.165, 1.54) is 0 Å². The van der Waals surface area contributed by atoms with E-state index in [4.69, 9.17) is 11.5 Å². The molecule has 7 heteroatoms. The van der Waals surface area contributed by atoms with Crippen molar-refractivity contribution in [3.8, 4) is 0 Å². The summed E-state index contributed by atoms with van der Waals surface area (Å²) in [5.74, 6) is -0.304. The zero-order chi connectivity index (χ0) is 13.8. The van der Waals surface area contributed by atoms with Crippen LogP contribution in [-0.4, -0.2) is 16.9 Å². The molecule has 0 unspecified atom stereocenters. The fourth-order valence-electron chi connectivity index (χ4n) is 1.46. The van der Waals surface area contributed by atoms with Crippen LogP contribution in [0.4, 0.5) is 10.8 Å². The van der Waals surface area contributed by atoms with Crippen molar-refractivity contribution in [1.29, 1.82) is 0 Å². The number of aryl methyl sites for hydroxylation is 1. The molecule has 0 aliphatic carbocycles. The van der Waals surface area contributed by atoms with Crippen molar-refractivity contribution in [2.75, 3.05) is 5.32 Å². The third kappa shape index (κ3) is 3.29. The summed E-state index contributed by atoms with van der Waals surface area (Å²) in [4.78, 5) is 20.5. The lowest BCUT2D eigenvalue weighted by molar-refractivity contribution is 0.103. The van der Waals surface area contributed by atoms with Gasteiger partial charge in [-0.15, -0.1) is 0 Å². The van der Waals surface area contributed by atoms with Gasteiger partial charge in [-0.1, -0.05) is 29.5 Å². The number of nitrogens with zero attached hydrogens (tertiary/aromatic N) is 2. The number of nitrogens with two attached hydrogens (primary N) is 2. The topological polar surface area (TPSA) is 106 Å². The van der Waals surface area contributed by atoms with Gasteiger partial charge in [0.15, 0.2) is 5.96 Å². The quantitative estimate of drug-likeness (QED) is 0.584. The summed E-state index contributed by atoms with van der Waals surface area (Å²) in [6, 6.07) is 9.20. The number of amides is 1. The van der Waals surface area contributed by atoms with Gasteiger partial charge in [0.2, 0.25) is 5.13 Å². The number of benzene rings is 1. The summed E-state index contributed by atoms with van der Waals surface area (Å²) < 4.78 is 0. The molecule has 1 aromatic heterocycles. The zero-order valence-corrected chi connectivity index (χ0v) is 11.1. The number of anilines is 1. The number of hydrogen-bond donors (Lipinski definition) is 3. The molecule has 98 valence electrons. The van der Waals surface area contributed by atoms with Gasteiger partial charge in [-0.25, -0.2) is 4.98 Å². The number of hydrogen-bond acceptors (Lipinski definition) is 4. The minimum Gasteiger partial charge on any atom is -0.370 e. The number of thiazole rings is 1. The molecule has 0 bridgehead atoms. The Morgan fingerprint density at radius 1 is 1.32 bits per heavy atom. The SMILES string of the molecule is Cc1nc(N=C(N)N)sc1C(=O)Nc1ccccc1. The molecule has 2 rings (SSSR count). The molecule has 1 heterocycles. The second kappa shape index (κ2) is 5.49. The van der Waals surface area contributed by atoms with Crippen LogP contribution in [0.1, 0.15) is 15.4 Å². The van der Waals surface area contributed by atoms with Crippen molar-refractivity contribution in [3.63, 3.8) is 0 Å². The molecule has 0 aliphatic heterocycles. The average Bonchev–Trinajstić information content (AvgIpc) is 2.70. The number of guanidine groups is 1. The molecule has 1 aromatic carbocycles. The summed E-state index contributed by atoms with van der Waals surface area (Å²) in [6.45, 7) is 1.74. The van der Waals surface area contributed by atoms with Gasteiger partial charge in [-0.3, -0.25) is 4.79 Å². The first-order valence-electron chi connectivity index (χ1n) is 5.49. The molecule has 5 N–H and O–H groups in total. The molecule has 2 aromatic rings. The molecule has 0 saturated heterocycles. The number of para-hydroxylation sites is 1. The maximum absolute atomic E-state index is 12.1. The van der Waals surface area contributed by atoms with Gasteiger partial charge < -0.3 is 16.8 Å². The van der Waals surface area contributed by atoms with Crippen molar-refractivity contribution < 1.29 is 4.79 Å². The summed E-state index contributed by atoms with van der Waals surface area (Å²) in [5, 5.41) is 3.16. The second-order valence-electron chi connectivity index (χ2n) is 3.77. The van der Waals surface area contributed by atoms with Gasteiger partial charge in [-0.2, -0.15) is 4.99 Å². The van der Waals surface area contributed by atoms with Gasteiger partial charge in [0.25, 0.3) is 5.91 Å². The first-order chi connectivity index (χ1) is 9.06. The predicted octanol–water partition coefficient (Wildman–Crippen LogP) is 1.61. The molecule has 0 atom stereocenters. The van der Waals surface area contributed by atoms with Crippen molar-refractivity contribution >= 4 is 34.0 Å². The molecule has 19 heavy (non-hydrogen) atoms. The first-order valence-corrected chi connectivity index (χ1v) is 6.31. The Morgan fingerprint density at radius 2 is 2.00 bits per heavy atom. The molecule has 0 radical (unpaired) electrons. The summed E-state index contributed by atoms with van der Waals surface area (Å²) in [7, 11) is 0. The van der Waals surface area contributed by atoms with E-state index >= 15 is 0 Å². The van der Waals surface area contributed by atoms with E-state index in [1.807, 2.05) is 30.3 Å². The fourth-order valence-corrected chi connectivity index (χ4v) is 2.31. The average molecular weight is 275 g/mol. The van der Waals surface area contributed by atoms with E-state index < -0.39 is 0 Å². The molecule has 1 amide bonds. The van der Waals surface area contributed by atoms with Crippen LogP contribution in [0.25, 0.3) is 0 Å². The van der Waals surface area contributed by atoms with Gasteiger partial charge in [0.05, 0.1) is 5.69 Å². The Kier molecular flexibility index (Phi) is 3.76. The van der Waals surface area contributed by atoms with Crippen molar-refractivity contribution in [1.82, 2.24) is 4.98 Å². The molecule has 6 nitrogen and oxygen atoms in total. The molecule has 0 saturated carbocycles. The van der Waals surface area contributed by atoms with Crippen LogP contribution in [-0.2, 0) is 0 Å². The maximum atomic E-state index is 12.1. The van der Waals surface area contributed by atoms with Crippen molar-refractivity contribution in [2.24, 2.45) is 16.5 Å². The van der Waals surface area contributed by atoms with E-state index in [-0.39, 0.29) is 11.9 Å². The van der Waals surface area contributed by atoms with Crippen LogP contribution in [0, 0.1) is 6.92 Å². The summed E-state index contributed by atoms with van der Waals surface area (Å²) >= 11 is 1.14. The van der Waals surface area contributed by atoms with Crippen LogP contribution in [0.5, 0.6) is 0 Å². The number of rotatable bonds is 3. The van der Waals surface area contributed by atoms with E-state index in [2.05, 4.69) is 15.3 Å². The van der Waals surface area contributed by atoms with Crippen LogP contribution in [0.3, 0.4) is 0 Å². The highest BCUT2D eigenvalue weighted by Gasteiger charge is 2.15. The number of carbonyl (C=O) groups is 1. The summed E-state index contributed by atoms with van der Waals surface area (Å²) in [5.41, 5.74) is 11.9. The third-order valence-corrected chi connectivity index (χ3v) is 3.30. The van der Waals surface area contributed by atoms with Crippen molar-refractivity contribution in [3.05, 3.63) is 40.9 Å². The number of carbonyl (C=O) groups excluding carboxylic acids is 1. The molecular formula is C12H13N5OS. The van der Waals surface area contributed by atoms with E-state index in [0.29, 0.717) is 15.7 Å². The standard InChI is InChI=1S/C12H13N5OS/c1-7-9(19-12(15-7)17-11(13)14)10(18)16-8-5-3-2-4-6-8/h2-6H,1H3,(H,16,18)(H4,13,14,15,17). The zero-order valence-electron chi connectivity index (χ0n) is 10.3. The van der Waals surface area contributed by atoms with E-state index in [9.17, 15) is 4.79 Å². The van der Waals surface area contributed by atoms with E-state index in [0.717, 1.165) is 17.0 Å². The number of nitrogens with one attached hydrogen (secondary N) is 1. The van der Waals surface area contributed by atoms with Gasteiger partial charge in [0, 0.05) is 5.69 Å². The third-order valence-electron chi connectivity index (χ3n) is 2.25. The largest absolute Gasteiger partial charge is 0.370 e. The minimum atomic E-state index is -0.224.